The maximum atomic E-state index is 4.32. The van der Waals surface area contributed by atoms with Crippen LogP contribution >= 0.6 is 11.8 Å². The maximum absolute atomic E-state index is 4.32. The number of rotatable bonds is 7. The van der Waals surface area contributed by atoms with Crippen LogP contribution in [0.25, 0.3) is 5.69 Å². The third-order valence-electron chi connectivity index (χ3n) is 4.00. The van der Waals surface area contributed by atoms with Crippen molar-refractivity contribution in [1.82, 2.24) is 20.4 Å². The molecule has 0 radical (unpaired) electrons. The molecule has 27 heavy (non-hydrogen) atoms. The minimum absolute atomic E-state index is 0.439. The monoisotopic (exact) mass is 379 g/mol. The molecule has 0 fully saturated rings. The van der Waals surface area contributed by atoms with E-state index in [1.165, 1.54) is 10.5 Å². The summed E-state index contributed by atoms with van der Waals surface area (Å²) < 4.78 is 1.86. The van der Waals surface area contributed by atoms with E-state index in [-0.39, 0.29) is 0 Å². The normalized spacial score (nSPS) is 12.6. The average Bonchev–Trinajstić information content (AvgIpc) is 3.24. The first kappa shape index (κ1) is 19.0. The molecule has 0 saturated heterocycles. The highest BCUT2D eigenvalue weighted by Gasteiger charge is 2.06. The first-order chi connectivity index (χ1) is 13.2. The van der Waals surface area contributed by atoms with Crippen LogP contribution < -0.4 is 10.6 Å². The molecule has 0 spiro atoms. The molecule has 1 unspecified atom stereocenters. The Hall–Kier alpha value is -2.73. The van der Waals surface area contributed by atoms with Crippen LogP contribution in [0.2, 0.25) is 0 Å². The van der Waals surface area contributed by atoms with Crippen molar-refractivity contribution in [2.75, 3.05) is 13.6 Å². The van der Waals surface area contributed by atoms with E-state index in [1.807, 2.05) is 46.9 Å². The number of nitrogens with one attached hydrogen (secondary N) is 2. The number of hydrogen-bond donors (Lipinski definition) is 2. The van der Waals surface area contributed by atoms with Crippen LogP contribution in [0.4, 0.5) is 0 Å². The van der Waals surface area contributed by atoms with Crippen molar-refractivity contribution in [2.45, 2.75) is 23.6 Å². The van der Waals surface area contributed by atoms with E-state index < -0.39 is 0 Å². The zero-order chi connectivity index (χ0) is 18.9. The predicted octanol–water partition coefficient (Wildman–Crippen LogP) is 3.72. The topological polar surface area (TPSA) is 54.2 Å². The average molecular weight is 380 g/mol. The largest absolute Gasteiger partial charge is 0.355 e. The van der Waals surface area contributed by atoms with E-state index in [0.717, 1.165) is 18.2 Å². The molecule has 0 bridgehead atoms. The molecular formula is C21H25N5S. The van der Waals surface area contributed by atoms with Gasteiger partial charge in [-0.15, -0.1) is 11.8 Å². The minimum atomic E-state index is 0.439. The van der Waals surface area contributed by atoms with Crippen molar-refractivity contribution in [3.05, 3.63) is 78.6 Å². The zero-order valence-electron chi connectivity index (χ0n) is 15.7. The van der Waals surface area contributed by atoms with Gasteiger partial charge in [0.05, 0.1) is 5.69 Å². The van der Waals surface area contributed by atoms with E-state index in [2.05, 4.69) is 64.0 Å². The lowest BCUT2D eigenvalue weighted by molar-refractivity contribution is 0.788. The van der Waals surface area contributed by atoms with Crippen molar-refractivity contribution < 1.29 is 0 Å². The Labute approximate surface area is 164 Å². The molecule has 3 rings (SSSR count). The second kappa shape index (κ2) is 9.83. The van der Waals surface area contributed by atoms with Gasteiger partial charge in [0.25, 0.3) is 0 Å². The summed E-state index contributed by atoms with van der Waals surface area (Å²) >= 11 is 1.86. The summed E-state index contributed by atoms with van der Waals surface area (Å²) in [6.07, 6.45) is 3.73. The number of aromatic nitrogens is 2. The number of guanidine groups is 1. The molecular weight excluding hydrogens is 354 g/mol. The van der Waals surface area contributed by atoms with Crippen LogP contribution in [-0.2, 0) is 6.54 Å². The zero-order valence-corrected chi connectivity index (χ0v) is 16.5. The van der Waals surface area contributed by atoms with Crippen LogP contribution in [-0.4, -0.2) is 34.6 Å². The Morgan fingerprint density at radius 3 is 2.70 bits per heavy atom. The van der Waals surface area contributed by atoms with Gasteiger partial charge in [-0.05, 0) is 35.9 Å². The van der Waals surface area contributed by atoms with Crippen molar-refractivity contribution >= 4 is 17.7 Å². The van der Waals surface area contributed by atoms with Crippen LogP contribution in [0, 0.1) is 0 Å². The van der Waals surface area contributed by atoms with E-state index in [4.69, 9.17) is 0 Å². The standard InChI is InChI=1S/C21H25N5S/c1-17(27-20-10-4-3-5-11-20)15-23-21(22-2)24-16-18-8-6-9-19(14-18)26-13-7-12-25-26/h3-14,17H,15-16H2,1-2H3,(H2,22,23,24). The number of aliphatic imine (C=N–C) groups is 1. The molecule has 2 N–H and O–H groups in total. The number of benzene rings is 2. The fourth-order valence-electron chi connectivity index (χ4n) is 2.65. The van der Waals surface area contributed by atoms with Crippen molar-refractivity contribution in [1.29, 1.82) is 0 Å². The van der Waals surface area contributed by atoms with Crippen molar-refractivity contribution in [2.24, 2.45) is 4.99 Å². The fraction of sp³-hybridized carbons (Fsp3) is 0.238. The van der Waals surface area contributed by atoms with E-state index in [0.29, 0.717) is 11.8 Å². The molecule has 0 aliphatic heterocycles. The molecule has 1 atom stereocenters. The van der Waals surface area contributed by atoms with Crippen molar-refractivity contribution in [3.8, 4) is 5.69 Å². The second-order valence-electron chi connectivity index (χ2n) is 6.17. The molecule has 1 heterocycles. The summed E-state index contributed by atoms with van der Waals surface area (Å²) in [5.74, 6) is 0.806. The second-order valence-corrected chi connectivity index (χ2v) is 7.68. The molecule has 0 aliphatic rings. The lowest BCUT2D eigenvalue weighted by atomic mass is 10.2. The molecule has 0 amide bonds. The molecule has 1 aromatic heterocycles. The van der Waals surface area contributed by atoms with E-state index in [1.54, 1.807) is 13.2 Å². The Kier molecular flexibility index (Phi) is 6.93. The SMILES string of the molecule is CN=C(NCc1cccc(-n2cccn2)c1)NCC(C)Sc1ccccc1. The molecule has 6 heteroatoms. The van der Waals surface area contributed by atoms with Crippen LogP contribution in [0.3, 0.4) is 0 Å². The van der Waals surface area contributed by atoms with Crippen LogP contribution in [0.15, 0.2) is 82.9 Å². The number of hydrogen-bond acceptors (Lipinski definition) is 3. The summed E-state index contributed by atoms with van der Waals surface area (Å²) in [5.41, 5.74) is 2.23. The van der Waals surface area contributed by atoms with Gasteiger partial charge in [0.2, 0.25) is 0 Å². The number of nitrogens with zero attached hydrogens (tertiary/aromatic N) is 3. The summed E-state index contributed by atoms with van der Waals surface area (Å²) in [5, 5.41) is 11.5. The van der Waals surface area contributed by atoms with Crippen LogP contribution in [0.1, 0.15) is 12.5 Å². The lowest BCUT2D eigenvalue weighted by Gasteiger charge is -2.16. The molecule has 0 aliphatic carbocycles. The van der Waals surface area contributed by atoms with E-state index >= 15 is 0 Å². The molecule has 2 aromatic carbocycles. The third kappa shape index (κ3) is 5.89. The Morgan fingerprint density at radius 1 is 1.11 bits per heavy atom. The fourth-order valence-corrected chi connectivity index (χ4v) is 3.60. The predicted molar refractivity (Wildman–Crippen MR) is 114 cm³/mol. The van der Waals surface area contributed by atoms with Crippen molar-refractivity contribution in [3.63, 3.8) is 0 Å². The summed E-state index contributed by atoms with van der Waals surface area (Å²) in [7, 11) is 1.80. The highest BCUT2D eigenvalue weighted by molar-refractivity contribution is 8.00. The Bertz CT molecular complexity index is 846. The first-order valence-electron chi connectivity index (χ1n) is 9.00. The minimum Gasteiger partial charge on any atom is -0.355 e. The smallest absolute Gasteiger partial charge is 0.191 e. The van der Waals surface area contributed by atoms with Gasteiger partial charge in [0.1, 0.15) is 0 Å². The van der Waals surface area contributed by atoms with Gasteiger partial charge in [0, 0.05) is 42.7 Å². The summed E-state index contributed by atoms with van der Waals surface area (Å²) in [6, 6.07) is 20.7. The maximum Gasteiger partial charge on any atom is 0.191 e. The lowest BCUT2D eigenvalue weighted by Crippen LogP contribution is -2.39. The third-order valence-corrected chi connectivity index (χ3v) is 5.11. The molecule has 3 aromatic rings. The van der Waals surface area contributed by atoms with Gasteiger partial charge < -0.3 is 10.6 Å². The number of thioether (sulfide) groups is 1. The molecule has 0 saturated carbocycles. The Balaban J connectivity index is 1.49. The molecule has 140 valence electrons. The summed E-state index contributed by atoms with van der Waals surface area (Å²) in [4.78, 5) is 5.60. The Morgan fingerprint density at radius 2 is 1.96 bits per heavy atom. The van der Waals surface area contributed by atoms with Gasteiger partial charge in [-0.1, -0.05) is 37.3 Å². The van der Waals surface area contributed by atoms with Crippen LogP contribution in [0.5, 0.6) is 0 Å². The quantitative estimate of drug-likeness (QED) is 0.373. The summed E-state index contributed by atoms with van der Waals surface area (Å²) in [6.45, 7) is 3.76. The van der Waals surface area contributed by atoms with Gasteiger partial charge in [-0.3, -0.25) is 4.99 Å². The van der Waals surface area contributed by atoms with Gasteiger partial charge in [-0.25, -0.2) is 4.68 Å². The van der Waals surface area contributed by atoms with E-state index in [9.17, 15) is 0 Å². The first-order valence-corrected chi connectivity index (χ1v) is 9.88. The highest BCUT2D eigenvalue weighted by atomic mass is 32.2. The molecule has 5 nitrogen and oxygen atoms in total. The van der Waals surface area contributed by atoms with Gasteiger partial charge in [-0.2, -0.15) is 5.10 Å². The van der Waals surface area contributed by atoms with Gasteiger partial charge in [0.15, 0.2) is 5.96 Å². The highest BCUT2D eigenvalue weighted by Crippen LogP contribution is 2.21. The van der Waals surface area contributed by atoms with Gasteiger partial charge >= 0.3 is 0 Å².